The van der Waals surface area contributed by atoms with E-state index < -0.39 is 0 Å². The molecule has 0 unspecified atom stereocenters. The van der Waals surface area contributed by atoms with Crippen molar-refractivity contribution < 1.29 is 9.47 Å². The zero-order valence-corrected chi connectivity index (χ0v) is 15.1. The first kappa shape index (κ1) is 17.7. The molecule has 2 rings (SSSR count). The number of nitrogens with zero attached hydrogens (tertiary/aromatic N) is 2. The summed E-state index contributed by atoms with van der Waals surface area (Å²) in [7, 11) is 3.19. The highest BCUT2D eigenvalue weighted by Gasteiger charge is 2.12. The fourth-order valence-electron chi connectivity index (χ4n) is 2.26. The molecule has 0 radical (unpaired) electrons. The lowest BCUT2D eigenvalue weighted by Crippen LogP contribution is -2.31. The van der Waals surface area contributed by atoms with Gasteiger partial charge in [-0.1, -0.05) is 12.1 Å². The van der Waals surface area contributed by atoms with Gasteiger partial charge in [-0.15, -0.1) is 0 Å². The predicted octanol–water partition coefficient (Wildman–Crippen LogP) is 3.40. The van der Waals surface area contributed by atoms with Gasteiger partial charge in [-0.3, -0.25) is 0 Å². The molecule has 0 aromatic heterocycles. The van der Waals surface area contributed by atoms with Crippen LogP contribution < -0.4 is 20.2 Å². The molecule has 0 fully saturated rings. The van der Waals surface area contributed by atoms with E-state index in [-0.39, 0.29) is 5.11 Å². The third-order valence-electron chi connectivity index (χ3n) is 3.74. The van der Waals surface area contributed by atoms with Gasteiger partial charge in [0.05, 0.1) is 26.1 Å². The Morgan fingerprint density at radius 2 is 1.83 bits per heavy atom. The second-order valence-corrected chi connectivity index (χ2v) is 5.65. The van der Waals surface area contributed by atoms with Crippen LogP contribution in [0.1, 0.15) is 16.7 Å². The summed E-state index contributed by atoms with van der Waals surface area (Å²) in [6.45, 7) is 4.05. The first-order valence-electron chi connectivity index (χ1n) is 7.39. The highest BCUT2D eigenvalue weighted by Crippen LogP contribution is 2.27. The molecule has 126 valence electrons. The number of hydrazone groups is 1. The molecule has 2 aromatic carbocycles. The predicted molar refractivity (Wildman–Crippen MR) is 102 cm³/mol. The van der Waals surface area contributed by atoms with Crippen LogP contribution in [0.4, 0.5) is 5.69 Å². The molecule has 0 aliphatic heterocycles. The number of hydrogen-bond acceptors (Lipinski definition) is 4. The summed E-state index contributed by atoms with van der Waals surface area (Å²) in [6, 6.07) is 11.5. The highest BCUT2D eigenvalue weighted by molar-refractivity contribution is 7.80. The molecule has 0 aliphatic rings. The SMILES string of the molecule is COc1ccc(/C=N/N(C(N)=S)c2cccc(C)c2C)cc1OC. The Hall–Kier alpha value is -2.60. The maximum absolute atomic E-state index is 5.85. The van der Waals surface area contributed by atoms with Crippen LogP contribution in [0.2, 0.25) is 0 Å². The number of benzene rings is 2. The second kappa shape index (κ2) is 7.79. The number of aryl methyl sites for hydroxylation is 1. The molecule has 24 heavy (non-hydrogen) atoms. The van der Waals surface area contributed by atoms with E-state index in [2.05, 4.69) is 5.10 Å². The van der Waals surface area contributed by atoms with E-state index in [1.807, 2.05) is 50.2 Å². The molecule has 0 spiro atoms. The van der Waals surface area contributed by atoms with Crippen molar-refractivity contribution in [2.45, 2.75) is 13.8 Å². The van der Waals surface area contributed by atoms with E-state index >= 15 is 0 Å². The summed E-state index contributed by atoms with van der Waals surface area (Å²) in [5, 5.41) is 6.17. The molecular formula is C18H21N3O2S. The summed E-state index contributed by atoms with van der Waals surface area (Å²) >= 11 is 5.15. The Kier molecular flexibility index (Phi) is 5.76. The van der Waals surface area contributed by atoms with Crippen LogP contribution in [0.15, 0.2) is 41.5 Å². The van der Waals surface area contributed by atoms with Gasteiger partial charge >= 0.3 is 0 Å². The van der Waals surface area contributed by atoms with Crippen molar-refractivity contribution in [3.63, 3.8) is 0 Å². The zero-order chi connectivity index (χ0) is 17.7. The van der Waals surface area contributed by atoms with Crippen molar-refractivity contribution in [3.05, 3.63) is 53.1 Å². The Labute approximate surface area is 147 Å². The van der Waals surface area contributed by atoms with Gasteiger partial charge in [0.2, 0.25) is 0 Å². The Balaban J connectivity index is 2.36. The number of thiocarbonyl (C=S) groups is 1. The van der Waals surface area contributed by atoms with E-state index in [1.54, 1.807) is 25.4 Å². The van der Waals surface area contributed by atoms with Crippen LogP contribution in [-0.2, 0) is 0 Å². The van der Waals surface area contributed by atoms with Crippen molar-refractivity contribution in [2.75, 3.05) is 19.2 Å². The number of methoxy groups -OCH3 is 2. The van der Waals surface area contributed by atoms with E-state index in [1.165, 1.54) is 0 Å². The lowest BCUT2D eigenvalue weighted by atomic mass is 10.1. The van der Waals surface area contributed by atoms with Crippen molar-refractivity contribution in [1.82, 2.24) is 0 Å². The lowest BCUT2D eigenvalue weighted by molar-refractivity contribution is 0.355. The minimum absolute atomic E-state index is 0.181. The molecule has 0 aliphatic carbocycles. The Morgan fingerprint density at radius 1 is 1.12 bits per heavy atom. The van der Waals surface area contributed by atoms with Crippen molar-refractivity contribution in [1.29, 1.82) is 0 Å². The van der Waals surface area contributed by atoms with Crippen LogP contribution >= 0.6 is 12.2 Å². The minimum atomic E-state index is 0.181. The van der Waals surface area contributed by atoms with E-state index in [0.29, 0.717) is 11.5 Å². The molecule has 2 N–H and O–H groups in total. The first-order valence-corrected chi connectivity index (χ1v) is 7.80. The van der Waals surface area contributed by atoms with E-state index in [9.17, 15) is 0 Å². The molecule has 0 saturated carbocycles. The molecule has 0 amide bonds. The fraction of sp³-hybridized carbons (Fsp3) is 0.222. The number of rotatable bonds is 5. The molecule has 2 aromatic rings. The van der Waals surface area contributed by atoms with Gasteiger partial charge in [0, 0.05) is 0 Å². The van der Waals surface area contributed by atoms with Gasteiger partial charge in [-0.05, 0) is 67.0 Å². The van der Waals surface area contributed by atoms with Crippen molar-refractivity contribution >= 4 is 29.2 Å². The molecule has 0 heterocycles. The number of anilines is 1. The van der Waals surface area contributed by atoms with Crippen LogP contribution in [0.5, 0.6) is 11.5 Å². The fourth-order valence-corrected chi connectivity index (χ4v) is 2.41. The molecule has 0 bridgehead atoms. The monoisotopic (exact) mass is 343 g/mol. The normalized spacial score (nSPS) is 10.7. The quantitative estimate of drug-likeness (QED) is 0.512. The van der Waals surface area contributed by atoms with Crippen LogP contribution in [0.25, 0.3) is 0 Å². The van der Waals surface area contributed by atoms with Gasteiger partial charge in [0.25, 0.3) is 0 Å². The molecular weight excluding hydrogens is 322 g/mol. The molecule has 5 nitrogen and oxygen atoms in total. The zero-order valence-electron chi connectivity index (χ0n) is 14.2. The van der Waals surface area contributed by atoms with Crippen LogP contribution in [-0.4, -0.2) is 25.5 Å². The maximum atomic E-state index is 5.85. The first-order chi connectivity index (χ1) is 11.5. The average Bonchev–Trinajstić information content (AvgIpc) is 2.58. The Morgan fingerprint density at radius 3 is 2.46 bits per heavy atom. The van der Waals surface area contributed by atoms with E-state index in [0.717, 1.165) is 22.4 Å². The van der Waals surface area contributed by atoms with Crippen LogP contribution in [0.3, 0.4) is 0 Å². The van der Waals surface area contributed by atoms with Crippen molar-refractivity contribution in [3.8, 4) is 11.5 Å². The topological polar surface area (TPSA) is 60.1 Å². The second-order valence-electron chi connectivity index (χ2n) is 5.23. The van der Waals surface area contributed by atoms with Gasteiger partial charge in [-0.2, -0.15) is 5.10 Å². The molecule has 6 heteroatoms. The average molecular weight is 343 g/mol. The highest BCUT2D eigenvalue weighted by atomic mass is 32.1. The summed E-state index contributed by atoms with van der Waals surface area (Å²) in [5.74, 6) is 1.30. The summed E-state index contributed by atoms with van der Waals surface area (Å²) in [5.41, 5.74) is 9.79. The van der Waals surface area contributed by atoms with Gasteiger partial charge in [0.1, 0.15) is 0 Å². The Bertz CT molecular complexity index is 775. The largest absolute Gasteiger partial charge is 0.493 e. The maximum Gasteiger partial charge on any atom is 0.191 e. The third kappa shape index (κ3) is 3.83. The smallest absolute Gasteiger partial charge is 0.191 e. The van der Waals surface area contributed by atoms with Gasteiger partial charge in [0.15, 0.2) is 16.6 Å². The van der Waals surface area contributed by atoms with Crippen molar-refractivity contribution in [2.24, 2.45) is 10.8 Å². The molecule has 0 saturated heterocycles. The minimum Gasteiger partial charge on any atom is -0.493 e. The van der Waals surface area contributed by atoms with E-state index in [4.69, 9.17) is 27.4 Å². The number of nitrogens with two attached hydrogens (primary N) is 1. The number of hydrogen-bond donors (Lipinski definition) is 1. The van der Waals surface area contributed by atoms with Crippen LogP contribution in [0, 0.1) is 13.8 Å². The molecule has 0 atom stereocenters. The van der Waals surface area contributed by atoms with Gasteiger partial charge in [-0.25, -0.2) is 5.01 Å². The summed E-state index contributed by atoms with van der Waals surface area (Å²) < 4.78 is 10.5. The standard InChI is InChI=1S/C18H21N3O2S/c1-12-6-5-7-15(13(12)2)21(18(19)24)20-11-14-8-9-16(22-3)17(10-14)23-4/h5-11H,1-4H3,(H2,19,24)/b20-11+. The third-order valence-corrected chi connectivity index (χ3v) is 3.92. The van der Waals surface area contributed by atoms with Gasteiger partial charge < -0.3 is 15.2 Å². The summed E-state index contributed by atoms with van der Waals surface area (Å²) in [6.07, 6.45) is 1.68. The number of ether oxygens (including phenoxy) is 2. The lowest BCUT2D eigenvalue weighted by Gasteiger charge is -2.20. The summed E-state index contributed by atoms with van der Waals surface area (Å²) in [4.78, 5) is 0.